The second-order valence-electron chi connectivity index (χ2n) is 4.25. The van der Waals surface area contributed by atoms with E-state index in [2.05, 4.69) is 5.32 Å². The van der Waals surface area contributed by atoms with Gasteiger partial charge >= 0.3 is 0 Å². The Labute approximate surface area is 119 Å². The van der Waals surface area contributed by atoms with Crippen LogP contribution in [0.15, 0.2) is 57.6 Å². The average Bonchev–Trinajstić information content (AvgIpc) is 3.12. The van der Waals surface area contributed by atoms with Gasteiger partial charge in [0, 0.05) is 5.56 Å². The number of furan rings is 2. The van der Waals surface area contributed by atoms with Crippen molar-refractivity contribution in [2.24, 2.45) is 0 Å². The molecule has 0 aliphatic heterocycles. The smallest absolute Gasteiger partial charge is 0.258 e. The van der Waals surface area contributed by atoms with Crippen LogP contribution in [0.4, 0.5) is 5.88 Å². The van der Waals surface area contributed by atoms with E-state index >= 15 is 0 Å². The Bertz CT molecular complexity index is 759. The van der Waals surface area contributed by atoms with Crippen LogP contribution in [0.1, 0.15) is 10.4 Å². The third kappa shape index (κ3) is 2.34. The lowest BCUT2D eigenvalue weighted by Gasteiger charge is -2.01. The van der Waals surface area contributed by atoms with Gasteiger partial charge in [0.1, 0.15) is 0 Å². The standard InChI is InChI=1S/C15H11NO5/c17-11-12(18)15(21-13(11)10-7-4-8-20-10)16-14(19)9-5-2-1-3-6-9/h1-8,17-18H,(H,16,19). The number of carbonyl (C=O) groups is 1. The summed E-state index contributed by atoms with van der Waals surface area (Å²) in [6.07, 6.45) is 1.40. The van der Waals surface area contributed by atoms with Gasteiger partial charge in [-0.3, -0.25) is 10.1 Å². The molecule has 1 amide bonds. The molecule has 0 aliphatic carbocycles. The second-order valence-corrected chi connectivity index (χ2v) is 4.25. The number of nitrogens with one attached hydrogen (secondary N) is 1. The van der Waals surface area contributed by atoms with Gasteiger partial charge in [0.25, 0.3) is 5.91 Å². The van der Waals surface area contributed by atoms with Gasteiger partial charge in [-0.2, -0.15) is 0 Å². The number of benzene rings is 1. The number of hydrogen-bond donors (Lipinski definition) is 3. The van der Waals surface area contributed by atoms with Crippen molar-refractivity contribution >= 4 is 11.8 Å². The van der Waals surface area contributed by atoms with Crippen LogP contribution in [-0.4, -0.2) is 16.1 Å². The van der Waals surface area contributed by atoms with Crippen LogP contribution in [0.3, 0.4) is 0 Å². The minimum Gasteiger partial charge on any atom is -0.501 e. The Morgan fingerprint density at radius 1 is 1.00 bits per heavy atom. The first-order chi connectivity index (χ1) is 10.2. The van der Waals surface area contributed by atoms with E-state index in [1.807, 2.05) is 0 Å². The highest BCUT2D eigenvalue weighted by atomic mass is 16.4. The summed E-state index contributed by atoms with van der Waals surface area (Å²) in [6, 6.07) is 11.6. The van der Waals surface area contributed by atoms with E-state index < -0.39 is 17.4 Å². The molecule has 3 aromatic rings. The number of amides is 1. The van der Waals surface area contributed by atoms with E-state index in [0.717, 1.165) is 0 Å². The number of rotatable bonds is 3. The Balaban J connectivity index is 1.90. The highest BCUT2D eigenvalue weighted by Gasteiger charge is 2.23. The van der Waals surface area contributed by atoms with Crippen molar-refractivity contribution < 1.29 is 23.8 Å². The van der Waals surface area contributed by atoms with Crippen molar-refractivity contribution in [3.63, 3.8) is 0 Å². The Morgan fingerprint density at radius 3 is 2.43 bits per heavy atom. The zero-order valence-corrected chi connectivity index (χ0v) is 10.7. The average molecular weight is 285 g/mol. The van der Waals surface area contributed by atoms with Gasteiger partial charge in [-0.05, 0) is 24.3 Å². The van der Waals surface area contributed by atoms with Gasteiger partial charge < -0.3 is 19.0 Å². The van der Waals surface area contributed by atoms with Crippen molar-refractivity contribution in [1.82, 2.24) is 0 Å². The van der Waals surface area contributed by atoms with Crippen molar-refractivity contribution in [2.45, 2.75) is 0 Å². The monoisotopic (exact) mass is 285 g/mol. The normalized spacial score (nSPS) is 10.5. The molecule has 6 heteroatoms. The molecule has 1 aromatic carbocycles. The van der Waals surface area contributed by atoms with Gasteiger partial charge in [-0.15, -0.1) is 0 Å². The van der Waals surface area contributed by atoms with Crippen LogP contribution >= 0.6 is 0 Å². The lowest BCUT2D eigenvalue weighted by atomic mass is 10.2. The predicted octanol–water partition coefficient (Wildman–Crippen LogP) is 3.20. The number of anilines is 1. The molecule has 0 aliphatic rings. The summed E-state index contributed by atoms with van der Waals surface area (Å²) in [4.78, 5) is 12.0. The first kappa shape index (κ1) is 12.9. The zero-order chi connectivity index (χ0) is 14.8. The molecule has 21 heavy (non-hydrogen) atoms. The SMILES string of the molecule is O=C(Nc1oc(-c2ccco2)c(O)c1O)c1ccccc1. The first-order valence-corrected chi connectivity index (χ1v) is 6.12. The molecule has 0 radical (unpaired) electrons. The molecular formula is C15H11NO5. The molecule has 0 atom stereocenters. The Kier molecular flexibility index (Phi) is 3.12. The van der Waals surface area contributed by atoms with E-state index in [0.29, 0.717) is 5.56 Å². The number of carbonyl (C=O) groups excluding carboxylic acids is 1. The largest absolute Gasteiger partial charge is 0.501 e. The van der Waals surface area contributed by atoms with Crippen molar-refractivity contribution in [1.29, 1.82) is 0 Å². The van der Waals surface area contributed by atoms with E-state index in [-0.39, 0.29) is 17.4 Å². The maximum Gasteiger partial charge on any atom is 0.258 e. The van der Waals surface area contributed by atoms with Crippen molar-refractivity contribution in [2.75, 3.05) is 5.32 Å². The quantitative estimate of drug-likeness (QED) is 0.686. The van der Waals surface area contributed by atoms with Gasteiger partial charge in [0.05, 0.1) is 6.26 Å². The summed E-state index contributed by atoms with van der Waals surface area (Å²) < 4.78 is 10.3. The number of hydrogen-bond acceptors (Lipinski definition) is 5. The molecule has 2 aromatic heterocycles. The van der Waals surface area contributed by atoms with Crippen LogP contribution in [0.25, 0.3) is 11.5 Å². The Hall–Kier alpha value is -3.15. The first-order valence-electron chi connectivity index (χ1n) is 6.12. The molecular weight excluding hydrogens is 274 g/mol. The minimum atomic E-state index is -0.550. The summed E-state index contributed by atoms with van der Waals surface area (Å²) in [5, 5.41) is 22.0. The second kappa shape index (κ2) is 5.09. The van der Waals surface area contributed by atoms with Gasteiger partial charge in [0.15, 0.2) is 5.76 Å². The third-order valence-corrected chi connectivity index (χ3v) is 2.87. The van der Waals surface area contributed by atoms with E-state index in [4.69, 9.17) is 8.83 Å². The molecule has 0 bridgehead atoms. The number of aromatic hydroxyl groups is 2. The van der Waals surface area contributed by atoms with Crippen molar-refractivity contribution in [3.8, 4) is 23.0 Å². The lowest BCUT2D eigenvalue weighted by Crippen LogP contribution is -2.10. The molecule has 2 heterocycles. The van der Waals surface area contributed by atoms with Crippen LogP contribution in [0.5, 0.6) is 11.5 Å². The van der Waals surface area contributed by atoms with Crippen molar-refractivity contribution in [3.05, 3.63) is 54.3 Å². The predicted molar refractivity (Wildman–Crippen MR) is 74.1 cm³/mol. The van der Waals surface area contributed by atoms with E-state index in [1.54, 1.807) is 42.5 Å². The molecule has 3 rings (SSSR count). The fraction of sp³-hybridized carbons (Fsp3) is 0. The highest BCUT2D eigenvalue weighted by molar-refractivity contribution is 6.04. The van der Waals surface area contributed by atoms with Gasteiger partial charge in [0.2, 0.25) is 23.1 Å². The fourth-order valence-corrected chi connectivity index (χ4v) is 1.84. The van der Waals surface area contributed by atoms with Crippen LogP contribution < -0.4 is 5.32 Å². The highest BCUT2D eigenvalue weighted by Crippen LogP contribution is 2.45. The molecule has 0 fully saturated rings. The molecule has 3 N–H and O–H groups in total. The van der Waals surface area contributed by atoms with E-state index in [9.17, 15) is 15.0 Å². The molecule has 106 valence electrons. The van der Waals surface area contributed by atoms with Crippen LogP contribution in [-0.2, 0) is 0 Å². The van der Waals surface area contributed by atoms with E-state index in [1.165, 1.54) is 6.26 Å². The summed E-state index contributed by atoms with van der Waals surface area (Å²) in [6.45, 7) is 0. The maximum atomic E-state index is 12.0. The van der Waals surface area contributed by atoms with Crippen LogP contribution in [0.2, 0.25) is 0 Å². The summed E-state index contributed by atoms with van der Waals surface area (Å²) in [5.74, 6) is -1.57. The molecule has 0 spiro atoms. The fourth-order valence-electron chi connectivity index (χ4n) is 1.84. The Morgan fingerprint density at radius 2 is 1.76 bits per heavy atom. The summed E-state index contributed by atoms with van der Waals surface area (Å²) in [5.41, 5.74) is 0.396. The molecule has 6 nitrogen and oxygen atoms in total. The third-order valence-electron chi connectivity index (χ3n) is 2.87. The zero-order valence-electron chi connectivity index (χ0n) is 10.7. The maximum absolute atomic E-state index is 12.0. The molecule has 0 unspecified atom stereocenters. The topological polar surface area (TPSA) is 95.8 Å². The van der Waals surface area contributed by atoms with Crippen LogP contribution in [0, 0.1) is 0 Å². The summed E-state index contributed by atoms with van der Waals surface area (Å²) in [7, 11) is 0. The minimum absolute atomic E-state index is 0.0548. The van der Waals surface area contributed by atoms with Gasteiger partial charge in [-0.25, -0.2) is 0 Å². The molecule has 0 saturated carbocycles. The summed E-state index contributed by atoms with van der Waals surface area (Å²) >= 11 is 0. The molecule has 0 saturated heterocycles. The lowest BCUT2D eigenvalue weighted by molar-refractivity contribution is 0.102. The van der Waals surface area contributed by atoms with Gasteiger partial charge in [-0.1, -0.05) is 18.2 Å².